The quantitative estimate of drug-likeness (QED) is 0.646. The van der Waals surface area contributed by atoms with Gasteiger partial charge in [-0.25, -0.2) is 9.78 Å². The van der Waals surface area contributed by atoms with Gasteiger partial charge in [0.15, 0.2) is 5.82 Å². The average molecular weight is 353 g/mol. The number of nitrogens with zero attached hydrogens (tertiary/aromatic N) is 3. The van der Waals surface area contributed by atoms with E-state index < -0.39 is 5.97 Å². The number of nitrogens with one attached hydrogen (secondary N) is 2. The molecule has 0 fully saturated rings. The Morgan fingerprint density at radius 2 is 1.92 bits per heavy atom. The zero-order valence-corrected chi connectivity index (χ0v) is 14.7. The molecule has 3 rings (SSSR count). The Bertz CT molecular complexity index is 923. The number of carbonyl (C=O) groups is 1. The minimum Gasteiger partial charge on any atom is -0.462 e. The fraction of sp³-hybridized carbons (Fsp3) is 0.222. The summed E-state index contributed by atoms with van der Waals surface area (Å²) < 4.78 is 10.1. The van der Waals surface area contributed by atoms with Crippen molar-refractivity contribution >= 4 is 29.2 Å². The Labute approximate surface area is 150 Å². The standard InChI is InChI=1S/C18H19N5O3/c1-4-25-17(24)13-7-5-6-8-14(13)20-18-19-11(2)9-15(22-18)21-16-10-12(3)26-23-16/h5-10H,4H2,1-3H3,(H2,19,20,21,22,23). The average Bonchev–Trinajstić information content (AvgIpc) is 3.00. The molecule has 0 saturated heterocycles. The maximum Gasteiger partial charge on any atom is 0.340 e. The van der Waals surface area contributed by atoms with E-state index in [0.29, 0.717) is 41.2 Å². The molecule has 2 N–H and O–H groups in total. The number of aryl methyl sites for hydroxylation is 2. The van der Waals surface area contributed by atoms with Gasteiger partial charge in [-0.2, -0.15) is 4.98 Å². The number of ether oxygens (including phenoxy) is 1. The lowest BCUT2D eigenvalue weighted by Gasteiger charge is -2.11. The lowest BCUT2D eigenvalue weighted by Crippen LogP contribution is -2.09. The van der Waals surface area contributed by atoms with Gasteiger partial charge in [-0.3, -0.25) is 0 Å². The first-order valence-corrected chi connectivity index (χ1v) is 8.14. The van der Waals surface area contributed by atoms with Crippen molar-refractivity contribution in [3.8, 4) is 0 Å². The molecule has 0 atom stereocenters. The van der Waals surface area contributed by atoms with Crippen molar-refractivity contribution in [3.05, 3.63) is 53.4 Å². The van der Waals surface area contributed by atoms with Crippen LogP contribution in [0, 0.1) is 13.8 Å². The third-order valence-corrected chi connectivity index (χ3v) is 3.41. The summed E-state index contributed by atoms with van der Waals surface area (Å²) in [6.07, 6.45) is 0. The Kier molecular flexibility index (Phi) is 5.12. The van der Waals surface area contributed by atoms with Crippen molar-refractivity contribution in [2.75, 3.05) is 17.2 Å². The number of rotatable bonds is 6. The van der Waals surface area contributed by atoms with Crippen LogP contribution in [0.25, 0.3) is 0 Å². The highest BCUT2D eigenvalue weighted by Gasteiger charge is 2.13. The van der Waals surface area contributed by atoms with E-state index in [1.165, 1.54) is 0 Å². The predicted octanol–water partition coefficient (Wildman–Crippen LogP) is 3.75. The van der Waals surface area contributed by atoms with Gasteiger partial charge in [-0.15, -0.1) is 0 Å². The van der Waals surface area contributed by atoms with Gasteiger partial charge in [0.05, 0.1) is 17.9 Å². The molecule has 0 aliphatic heterocycles. The Morgan fingerprint density at radius 3 is 2.65 bits per heavy atom. The van der Waals surface area contributed by atoms with Crippen LogP contribution in [0.1, 0.15) is 28.7 Å². The lowest BCUT2D eigenvalue weighted by molar-refractivity contribution is 0.0527. The van der Waals surface area contributed by atoms with E-state index in [1.54, 1.807) is 37.3 Å². The molecule has 3 aromatic rings. The summed E-state index contributed by atoms with van der Waals surface area (Å²) in [4.78, 5) is 20.9. The van der Waals surface area contributed by atoms with Gasteiger partial charge in [0, 0.05) is 17.8 Å². The van der Waals surface area contributed by atoms with Crippen LogP contribution < -0.4 is 10.6 Å². The van der Waals surface area contributed by atoms with Gasteiger partial charge in [0.2, 0.25) is 5.95 Å². The highest BCUT2D eigenvalue weighted by molar-refractivity contribution is 5.96. The third-order valence-electron chi connectivity index (χ3n) is 3.41. The molecule has 0 unspecified atom stereocenters. The summed E-state index contributed by atoms with van der Waals surface area (Å²) >= 11 is 0. The normalized spacial score (nSPS) is 10.4. The molecule has 1 aromatic carbocycles. The summed E-state index contributed by atoms with van der Waals surface area (Å²) in [5, 5.41) is 10.0. The highest BCUT2D eigenvalue weighted by Crippen LogP contribution is 2.22. The van der Waals surface area contributed by atoms with E-state index in [0.717, 1.165) is 5.69 Å². The minimum absolute atomic E-state index is 0.305. The number of anilines is 4. The van der Waals surface area contributed by atoms with Crippen molar-refractivity contribution in [2.45, 2.75) is 20.8 Å². The molecule has 2 heterocycles. The van der Waals surface area contributed by atoms with Crippen molar-refractivity contribution in [3.63, 3.8) is 0 Å². The summed E-state index contributed by atoms with van der Waals surface area (Å²) in [6.45, 7) is 5.73. The van der Waals surface area contributed by atoms with Crippen LogP contribution in [0.4, 0.5) is 23.3 Å². The number of benzene rings is 1. The second-order valence-corrected chi connectivity index (χ2v) is 5.56. The number of aromatic nitrogens is 3. The molecule has 0 aliphatic carbocycles. The van der Waals surface area contributed by atoms with Crippen molar-refractivity contribution < 1.29 is 14.1 Å². The molecular weight excluding hydrogens is 334 g/mol. The Hall–Kier alpha value is -3.42. The largest absolute Gasteiger partial charge is 0.462 e. The predicted molar refractivity (Wildman–Crippen MR) is 97.0 cm³/mol. The van der Waals surface area contributed by atoms with Crippen molar-refractivity contribution in [1.29, 1.82) is 0 Å². The Balaban J connectivity index is 1.85. The number of hydrogen-bond acceptors (Lipinski definition) is 8. The van der Waals surface area contributed by atoms with Crippen molar-refractivity contribution in [2.24, 2.45) is 0 Å². The van der Waals surface area contributed by atoms with Gasteiger partial charge in [0.1, 0.15) is 11.6 Å². The molecule has 134 valence electrons. The summed E-state index contributed by atoms with van der Waals surface area (Å²) in [7, 11) is 0. The zero-order valence-electron chi connectivity index (χ0n) is 14.7. The molecule has 0 radical (unpaired) electrons. The molecule has 8 nitrogen and oxygen atoms in total. The summed E-state index contributed by atoms with van der Waals surface area (Å²) in [5.41, 5.74) is 1.74. The summed E-state index contributed by atoms with van der Waals surface area (Å²) in [5.74, 6) is 1.75. The summed E-state index contributed by atoms with van der Waals surface area (Å²) in [6, 6.07) is 10.6. The molecule has 0 aliphatic rings. The van der Waals surface area contributed by atoms with E-state index in [1.807, 2.05) is 19.9 Å². The van der Waals surface area contributed by atoms with E-state index >= 15 is 0 Å². The van der Waals surface area contributed by atoms with Gasteiger partial charge in [-0.1, -0.05) is 17.3 Å². The second kappa shape index (κ2) is 7.64. The van der Waals surface area contributed by atoms with E-state index in [-0.39, 0.29) is 0 Å². The first-order chi connectivity index (χ1) is 12.5. The van der Waals surface area contributed by atoms with E-state index in [4.69, 9.17) is 9.26 Å². The molecule has 0 saturated carbocycles. The maximum absolute atomic E-state index is 12.1. The van der Waals surface area contributed by atoms with Crippen LogP contribution in [-0.4, -0.2) is 27.7 Å². The van der Waals surface area contributed by atoms with Crippen LogP contribution >= 0.6 is 0 Å². The van der Waals surface area contributed by atoms with Gasteiger partial charge < -0.3 is 19.9 Å². The van der Waals surface area contributed by atoms with Crippen LogP contribution in [0.3, 0.4) is 0 Å². The van der Waals surface area contributed by atoms with Crippen LogP contribution in [0.5, 0.6) is 0 Å². The smallest absolute Gasteiger partial charge is 0.340 e. The van der Waals surface area contributed by atoms with Crippen LogP contribution in [0.15, 0.2) is 40.9 Å². The number of carbonyl (C=O) groups excluding carboxylic acids is 1. The first kappa shape index (κ1) is 17.4. The molecule has 0 bridgehead atoms. The van der Waals surface area contributed by atoms with Crippen LogP contribution in [-0.2, 0) is 4.74 Å². The van der Waals surface area contributed by atoms with E-state index in [2.05, 4.69) is 25.8 Å². The SMILES string of the molecule is CCOC(=O)c1ccccc1Nc1nc(C)cc(Nc2cc(C)on2)n1. The second-order valence-electron chi connectivity index (χ2n) is 5.56. The van der Waals surface area contributed by atoms with Gasteiger partial charge in [-0.05, 0) is 32.9 Å². The first-order valence-electron chi connectivity index (χ1n) is 8.14. The topological polar surface area (TPSA) is 102 Å². The van der Waals surface area contributed by atoms with Crippen LogP contribution in [0.2, 0.25) is 0 Å². The third kappa shape index (κ3) is 4.15. The number of esters is 1. The Morgan fingerprint density at radius 1 is 1.12 bits per heavy atom. The van der Waals surface area contributed by atoms with E-state index in [9.17, 15) is 4.79 Å². The molecule has 0 spiro atoms. The molecule has 26 heavy (non-hydrogen) atoms. The molecule has 0 amide bonds. The van der Waals surface area contributed by atoms with Gasteiger partial charge in [0.25, 0.3) is 0 Å². The molecule has 2 aromatic heterocycles. The fourth-order valence-electron chi connectivity index (χ4n) is 2.34. The highest BCUT2D eigenvalue weighted by atomic mass is 16.5. The fourth-order valence-corrected chi connectivity index (χ4v) is 2.34. The molecular formula is C18H19N5O3. The van der Waals surface area contributed by atoms with Crippen molar-refractivity contribution in [1.82, 2.24) is 15.1 Å². The number of para-hydroxylation sites is 1. The lowest BCUT2D eigenvalue weighted by atomic mass is 10.2. The maximum atomic E-state index is 12.1. The van der Waals surface area contributed by atoms with Gasteiger partial charge >= 0.3 is 5.97 Å². The zero-order chi connectivity index (χ0) is 18.5. The minimum atomic E-state index is -0.403. The monoisotopic (exact) mass is 353 g/mol. The molecule has 8 heteroatoms. The number of hydrogen-bond donors (Lipinski definition) is 2.